The Balaban J connectivity index is 2.43. The molecule has 2 aromatic carbocycles. The topological polar surface area (TPSA) is 0 Å². The van der Waals surface area contributed by atoms with Crippen LogP contribution in [0.5, 0.6) is 0 Å². The molecule has 0 spiro atoms. The largest absolute Gasteiger partial charge is 0.0622 e. The molecule has 0 aliphatic heterocycles. The first kappa shape index (κ1) is 10.7. The van der Waals surface area contributed by atoms with Crippen LogP contribution in [0, 0.1) is 0 Å². The van der Waals surface area contributed by atoms with Gasteiger partial charge in [0.2, 0.25) is 0 Å². The normalized spacial score (nSPS) is 12.1. The van der Waals surface area contributed by atoms with Gasteiger partial charge in [0.1, 0.15) is 0 Å². The van der Waals surface area contributed by atoms with Crippen molar-refractivity contribution in [3.63, 3.8) is 0 Å². The molecule has 0 heteroatoms. The summed E-state index contributed by atoms with van der Waals surface area (Å²) in [5.74, 6) is 0. The van der Waals surface area contributed by atoms with E-state index in [-0.39, 0.29) is 0 Å². The standard InChI is InChI=1S/C16H16/c1-13(15-9-5-3-6-10-15)14(2)16-11-7-4-8-12-16/h3-12H,1-2H3. The molecule has 0 amide bonds. The minimum absolute atomic E-state index is 1.30. The molecule has 0 saturated carbocycles. The smallest absolute Gasteiger partial charge is 0.0224 e. The third-order valence-corrected chi connectivity index (χ3v) is 2.98. The van der Waals surface area contributed by atoms with Crippen LogP contribution in [0.15, 0.2) is 60.7 Å². The lowest BCUT2D eigenvalue weighted by Crippen LogP contribution is -1.85. The summed E-state index contributed by atoms with van der Waals surface area (Å²) in [6.07, 6.45) is 0. The zero-order valence-electron chi connectivity index (χ0n) is 9.77. The van der Waals surface area contributed by atoms with E-state index in [1.165, 1.54) is 22.3 Å². The third-order valence-electron chi connectivity index (χ3n) is 2.98. The predicted molar refractivity (Wildman–Crippen MR) is 71.0 cm³/mol. The minimum Gasteiger partial charge on any atom is -0.0622 e. The van der Waals surface area contributed by atoms with Gasteiger partial charge >= 0.3 is 0 Å². The molecule has 0 N–H and O–H groups in total. The molecule has 80 valence electrons. The fraction of sp³-hybridized carbons (Fsp3) is 0.125. The molecule has 0 heterocycles. The number of allylic oxidation sites excluding steroid dienone is 2. The number of hydrogen-bond acceptors (Lipinski definition) is 0. The van der Waals surface area contributed by atoms with Gasteiger partial charge in [0.15, 0.2) is 0 Å². The Labute approximate surface area is 97.3 Å². The zero-order valence-corrected chi connectivity index (χ0v) is 9.77. The highest BCUT2D eigenvalue weighted by Crippen LogP contribution is 2.24. The van der Waals surface area contributed by atoms with Crippen molar-refractivity contribution < 1.29 is 0 Å². The van der Waals surface area contributed by atoms with Gasteiger partial charge in [-0.2, -0.15) is 0 Å². The average molecular weight is 208 g/mol. The van der Waals surface area contributed by atoms with Gasteiger partial charge in [-0.25, -0.2) is 0 Å². The molecule has 0 atom stereocenters. The summed E-state index contributed by atoms with van der Waals surface area (Å²) in [6, 6.07) is 21.0. The van der Waals surface area contributed by atoms with E-state index >= 15 is 0 Å². The summed E-state index contributed by atoms with van der Waals surface area (Å²) >= 11 is 0. The molecule has 0 saturated heterocycles. The summed E-state index contributed by atoms with van der Waals surface area (Å²) in [6.45, 7) is 4.36. The van der Waals surface area contributed by atoms with Gasteiger partial charge in [-0.15, -0.1) is 0 Å². The van der Waals surface area contributed by atoms with Crippen LogP contribution in [0.3, 0.4) is 0 Å². The SMILES string of the molecule is CC(=C(C)c1ccccc1)c1ccccc1. The van der Waals surface area contributed by atoms with Crippen molar-refractivity contribution in [3.05, 3.63) is 71.8 Å². The molecule has 0 fully saturated rings. The lowest BCUT2D eigenvalue weighted by molar-refractivity contribution is 1.51. The van der Waals surface area contributed by atoms with Crippen LogP contribution in [-0.2, 0) is 0 Å². The maximum atomic E-state index is 2.18. The molecule has 0 nitrogen and oxygen atoms in total. The van der Waals surface area contributed by atoms with Crippen LogP contribution in [0.25, 0.3) is 11.1 Å². The van der Waals surface area contributed by atoms with Crippen molar-refractivity contribution in [3.8, 4) is 0 Å². The second-order valence-corrected chi connectivity index (χ2v) is 3.98. The van der Waals surface area contributed by atoms with E-state index in [2.05, 4.69) is 74.5 Å². The summed E-state index contributed by atoms with van der Waals surface area (Å²) in [5, 5.41) is 0. The van der Waals surface area contributed by atoms with E-state index in [1.54, 1.807) is 0 Å². The van der Waals surface area contributed by atoms with Crippen molar-refractivity contribution in [2.24, 2.45) is 0 Å². The first-order chi connectivity index (χ1) is 7.79. The van der Waals surface area contributed by atoms with Crippen LogP contribution < -0.4 is 0 Å². The predicted octanol–water partition coefficient (Wildman–Crippen LogP) is 4.64. The molecule has 2 aromatic rings. The van der Waals surface area contributed by atoms with Gasteiger partial charge < -0.3 is 0 Å². The molecule has 0 aliphatic rings. The quantitative estimate of drug-likeness (QED) is 0.631. The second-order valence-electron chi connectivity index (χ2n) is 3.98. The Bertz CT molecular complexity index is 430. The molecule has 0 aromatic heterocycles. The summed E-state index contributed by atoms with van der Waals surface area (Å²) in [5.41, 5.74) is 5.27. The van der Waals surface area contributed by atoms with Gasteiger partial charge in [-0.05, 0) is 36.1 Å². The monoisotopic (exact) mass is 208 g/mol. The van der Waals surface area contributed by atoms with E-state index in [1.807, 2.05) is 0 Å². The molecule has 0 bridgehead atoms. The Morgan fingerprint density at radius 1 is 0.562 bits per heavy atom. The van der Waals surface area contributed by atoms with E-state index in [4.69, 9.17) is 0 Å². The molecular formula is C16H16. The highest BCUT2D eigenvalue weighted by molar-refractivity contribution is 5.88. The maximum Gasteiger partial charge on any atom is -0.0224 e. The van der Waals surface area contributed by atoms with Gasteiger partial charge in [0.05, 0.1) is 0 Å². The van der Waals surface area contributed by atoms with Crippen molar-refractivity contribution >= 4 is 11.1 Å². The van der Waals surface area contributed by atoms with Gasteiger partial charge in [0, 0.05) is 0 Å². The van der Waals surface area contributed by atoms with Gasteiger partial charge in [-0.1, -0.05) is 60.7 Å². The van der Waals surface area contributed by atoms with E-state index < -0.39 is 0 Å². The highest BCUT2D eigenvalue weighted by atomic mass is 14.1. The molecule has 0 aliphatic carbocycles. The van der Waals surface area contributed by atoms with E-state index in [0.717, 1.165) is 0 Å². The Kier molecular flexibility index (Phi) is 3.21. The van der Waals surface area contributed by atoms with Crippen LogP contribution in [-0.4, -0.2) is 0 Å². The lowest BCUT2D eigenvalue weighted by atomic mass is 9.97. The number of hydrogen-bond donors (Lipinski definition) is 0. The highest BCUT2D eigenvalue weighted by Gasteiger charge is 2.01. The Hall–Kier alpha value is -1.82. The zero-order chi connectivity index (χ0) is 11.4. The van der Waals surface area contributed by atoms with Crippen LogP contribution in [0.2, 0.25) is 0 Å². The van der Waals surface area contributed by atoms with Crippen LogP contribution in [0.4, 0.5) is 0 Å². The van der Waals surface area contributed by atoms with Crippen LogP contribution >= 0.6 is 0 Å². The first-order valence-electron chi connectivity index (χ1n) is 5.57. The first-order valence-corrected chi connectivity index (χ1v) is 5.57. The van der Waals surface area contributed by atoms with E-state index in [0.29, 0.717) is 0 Å². The molecule has 0 radical (unpaired) electrons. The molecule has 0 unspecified atom stereocenters. The number of benzene rings is 2. The van der Waals surface area contributed by atoms with Crippen molar-refractivity contribution in [2.45, 2.75) is 13.8 Å². The maximum absolute atomic E-state index is 2.18. The molecule has 16 heavy (non-hydrogen) atoms. The van der Waals surface area contributed by atoms with Crippen LogP contribution in [0.1, 0.15) is 25.0 Å². The molecule has 2 rings (SSSR count). The van der Waals surface area contributed by atoms with Crippen molar-refractivity contribution in [2.75, 3.05) is 0 Å². The van der Waals surface area contributed by atoms with Gasteiger partial charge in [-0.3, -0.25) is 0 Å². The summed E-state index contributed by atoms with van der Waals surface area (Å²) in [4.78, 5) is 0. The Morgan fingerprint density at radius 3 is 1.19 bits per heavy atom. The molecular weight excluding hydrogens is 192 g/mol. The van der Waals surface area contributed by atoms with Crippen molar-refractivity contribution in [1.82, 2.24) is 0 Å². The average Bonchev–Trinajstić information content (AvgIpc) is 2.39. The fourth-order valence-electron chi connectivity index (χ4n) is 1.81. The lowest BCUT2D eigenvalue weighted by Gasteiger charge is -2.08. The van der Waals surface area contributed by atoms with Gasteiger partial charge in [0.25, 0.3) is 0 Å². The van der Waals surface area contributed by atoms with E-state index in [9.17, 15) is 0 Å². The second kappa shape index (κ2) is 4.80. The summed E-state index contributed by atoms with van der Waals surface area (Å²) in [7, 11) is 0. The summed E-state index contributed by atoms with van der Waals surface area (Å²) < 4.78 is 0. The van der Waals surface area contributed by atoms with Crippen molar-refractivity contribution in [1.29, 1.82) is 0 Å². The Morgan fingerprint density at radius 2 is 0.875 bits per heavy atom. The fourth-order valence-corrected chi connectivity index (χ4v) is 1.81. The minimum atomic E-state index is 1.30. The third kappa shape index (κ3) is 2.22. The number of rotatable bonds is 2.